The summed E-state index contributed by atoms with van der Waals surface area (Å²) in [6.45, 7) is 7.63. The zero-order chi connectivity index (χ0) is 29.9. The fourth-order valence-electron chi connectivity index (χ4n) is 6.61. The number of hydrogen-bond acceptors (Lipinski definition) is 2. The topological polar surface area (TPSA) is 34.5 Å². The molecular weight excluding hydrogens is 548 g/mol. The first-order valence-corrected chi connectivity index (χ1v) is 15.0. The summed E-state index contributed by atoms with van der Waals surface area (Å²) >= 11 is 0. The number of fused-ring (bicyclic) bond motifs is 9. The van der Waals surface area contributed by atoms with E-state index >= 15 is 0 Å². The van der Waals surface area contributed by atoms with E-state index in [9.17, 15) is 0 Å². The molecule has 3 heterocycles. The van der Waals surface area contributed by atoms with Gasteiger partial charge in [-0.25, -0.2) is 14.8 Å². The van der Waals surface area contributed by atoms with Crippen molar-refractivity contribution in [2.45, 2.75) is 0 Å². The van der Waals surface area contributed by atoms with Crippen LogP contribution in [0, 0.1) is 6.57 Å². The van der Waals surface area contributed by atoms with E-state index in [2.05, 4.69) is 112 Å². The molecule has 4 nitrogen and oxygen atoms in total. The van der Waals surface area contributed by atoms with E-state index in [1.807, 2.05) is 42.5 Å². The quantitative estimate of drug-likeness (QED) is 0.156. The van der Waals surface area contributed by atoms with Crippen molar-refractivity contribution in [3.05, 3.63) is 157 Å². The summed E-state index contributed by atoms with van der Waals surface area (Å²) < 4.78 is 2.19. The molecule has 0 unspecified atom stereocenters. The van der Waals surface area contributed by atoms with Gasteiger partial charge in [0.25, 0.3) is 0 Å². The largest absolute Gasteiger partial charge is 0.293 e. The predicted molar refractivity (Wildman–Crippen MR) is 186 cm³/mol. The molecule has 0 N–H and O–H groups in total. The fraction of sp³-hybridized carbons (Fsp3) is 0. The third-order valence-electron chi connectivity index (χ3n) is 8.78. The van der Waals surface area contributed by atoms with Gasteiger partial charge in [0.05, 0.1) is 28.8 Å². The van der Waals surface area contributed by atoms with Crippen LogP contribution in [0.25, 0.3) is 87.6 Å². The van der Waals surface area contributed by atoms with Crippen LogP contribution in [-0.2, 0) is 0 Å². The molecule has 0 amide bonds. The molecular formula is C41H24N4. The summed E-state index contributed by atoms with van der Waals surface area (Å²) in [5, 5.41) is 4.45. The first kappa shape index (κ1) is 25.2. The Morgan fingerprint density at radius 2 is 1.18 bits per heavy atom. The maximum Gasteiger partial charge on any atom is 0.189 e. The number of benzene rings is 6. The van der Waals surface area contributed by atoms with Crippen LogP contribution in [0.15, 0.2) is 146 Å². The van der Waals surface area contributed by atoms with Crippen molar-refractivity contribution in [3.63, 3.8) is 0 Å². The van der Waals surface area contributed by atoms with Crippen molar-refractivity contribution in [1.29, 1.82) is 0 Å². The number of rotatable bonds is 3. The Balaban J connectivity index is 1.19. The molecule has 0 saturated carbocycles. The molecule has 9 rings (SSSR count). The molecule has 0 atom stereocenters. The first-order valence-electron chi connectivity index (χ1n) is 15.0. The predicted octanol–water partition coefficient (Wildman–Crippen LogP) is 10.9. The van der Waals surface area contributed by atoms with Crippen LogP contribution < -0.4 is 0 Å². The first-order chi connectivity index (χ1) is 22.2. The summed E-state index contributed by atoms with van der Waals surface area (Å²) in [7, 11) is 0. The number of pyridine rings is 2. The second-order valence-electron chi connectivity index (χ2n) is 11.3. The lowest BCUT2D eigenvalue weighted by Gasteiger charge is -2.12. The molecule has 0 fully saturated rings. The van der Waals surface area contributed by atoms with E-state index in [-0.39, 0.29) is 0 Å². The van der Waals surface area contributed by atoms with E-state index in [0.29, 0.717) is 5.69 Å². The minimum absolute atomic E-state index is 0.616. The van der Waals surface area contributed by atoms with Gasteiger partial charge in [0.1, 0.15) is 5.65 Å². The number of aromatic nitrogens is 3. The van der Waals surface area contributed by atoms with Crippen LogP contribution in [0.4, 0.5) is 5.69 Å². The van der Waals surface area contributed by atoms with Gasteiger partial charge in [-0.2, -0.15) is 0 Å². The van der Waals surface area contributed by atoms with Crippen molar-refractivity contribution in [3.8, 4) is 33.5 Å². The minimum Gasteiger partial charge on any atom is -0.293 e. The van der Waals surface area contributed by atoms with Gasteiger partial charge in [0.2, 0.25) is 0 Å². The molecule has 0 spiro atoms. The summed E-state index contributed by atoms with van der Waals surface area (Å²) in [5.41, 5.74) is 12.1. The Morgan fingerprint density at radius 1 is 0.467 bits per heavy atom. The van der Waals surface area contributed by atoms with E-state index in [1.165, 1.54) is 11.1 Å². The van der Waals surface area contributed by atoms with Crippen LogP contribution in [0.3, 0.4) is 0 Å². The summed E-state index contributed by atoms with van der Waals surface area (Å²) in [6, 6.07) is 50.5. The normalized spacial score (nSPS) is 11.5. The van der Waals surface area contributed by atoms with E-state index in [1.54, 1.807) is 0 Å². The molecule has 6 aromatic carbocycles. The van der Waals surface area contributed by atoms with Gasteiger partial charge < -0.3 is 0 Å². The Kier molecular flexibility index (Phi) is 5.53. The maximum absolute atomic E-state index is 7.63. The highest BCUT2D eigenvalue weighted by molar-refractivity contribution is 6.15. The molecule has 9 aromatic rings. The highest BCUT2D eigenvalue weighted by atomic mass is 15.0. The molecule has 0 aliphatic carbocycles. The summed E-state index contributed by atoms with van der Waals surface area (Å²) in [4.78, 5) is 13.8. The van der Waals surface area contributed by atoms with Gasteiger partial charge in [0, 0.05) is 27.2 Å². The standard InChI is InChI=1S/C41H24N4/c1-42-30-20-22-32-35-23-29(19-21-33(35)41-44-37-13-7-8-14-39(37)45(41)40(32)24-30)26-15-17-28(18-16-26)38-25-34(27-9-3-2-4-10-27)31-11-5-6-12-36(31)43-38/h2-25H. The van der Waals surface area contributed by atoms with Gasteiger partial charge in [-0.05, 0) is 70.1 Å². The van der Waals surface area contributed by atoms with Gasteiger partial charge >= 0.3 is 0 Å². The van der Waals surface area contributed by atoms with Crippen LogP contribution in [-0.4, -0.2) is 14.4 Å². The van der Waals surface area contributed by atoms with Gasteiger partial charge in [-0.1, -0.05) is 103 Å². The Hall–Kier alpha value is -6.31. The lowest BCUT2D eigenvalue weighted by atomic mass is 9.96. The number of nitrogens with zero attached hydrogens (tertiary/aromatic N) is 4. The number of hydrogen-bond donors (Lipinski definition) is 0. The zero-order valence-corrected chi connectivity index (χ0v) is 24.1. The van der Waals surface area contributed by atoms with Gasteiger partial charge in [-0.15, -0.1) is 0 Å². The highest BCUT2D eigenvalue weighted by Crippen LogP contribution is 2.37. The van der Waals surface area contributed by atoms with Crippen LogP contribution in [0.2, 0.25) is 0 Å². The fourth-order valence-corrected chi connectivity index (χ4v) is 6.61. The molecule has 4 heteroatoms. The van der Waals surface area contributed by atoms with E-state index < -0.39 is 0 Å². The number of imidazole rings is 1. The molecule has 0 aliphatic heterocycles. The SMILES string of the molecule is [C-]#[N+]c1ccc2c3cc(-c4ccc(-c5cc(-c6ccccc6)c6ccccc6n5)cc4)ccc3c3nc4ccccc4n3c2c1. The van der Waals surface area contributed by atoms with Crippen LogP contribution in [0.1, 0.15) is 0 Å². The van der Waals surface area contributed by atoms with Gasteiger partial charge in [0.15, 0.2) is 5.69 Å². The summed E-state index contributed by atoms with van der Waals surface area (Å²) in [6.07, 6.45) is 0. The van der Waals surface area contributed by atoms with Crippen molar-refractivity contribution in [2.24, 2.45) is 0 Å². The smallest absolute Gasteiger partial charge is 0.189 e. The van der Waals surface area contributed by atoms with Crippen molar-refractivity contribution >= 4 is 54.9 Å². The Labute approximate surface area is 259 Å². The van der Waals surface area contributed by atoms with Crippen molar-refractivity contribution < 1.29 is 0 Å². The lowest BCUT2D eigenvalue weighted by Crippen LogP contribution is -1.92. The molecule has 208 valence electrons. The van der Waals surface area contributed by atoms with Crippen LogP contribution >= 0.6 is 0 Å². The Morgan fingerprint density at radius 3 is 2.02 bits per heavy atom. The van der Waals surface area contributed by atoms with E-state index in [0.717, 1.165) is 71.6 Å². The maximum atomic E-state index is 7.63. The third kappa shape index (κ3) is 3.99. The van der Waals surface area contributed by atoms with Crippen LogP contribution in [0.5, 0.6) is 0 Å². The monoisotopic (exact) mass is 572 g/mol. The highest BCUT2D eigenvalue weighted by Gasteiger charge is 2.15. The molecule has 0 saturated heterocycles. The number of para-hydroxylation sites is 3. The van der Waals surface area contributed by atoms with Crippen molar-refractivity contribution in [1.82, 2.24) is 14.4 Å². The second kappa shape index (κ2) is 9.87. The third-order valence-corrected chi connectivity index (χ3v) is 8.78. The van der Waals surface area contributed by atoms with E-state index in [4.69, 9.17) is 16.5 Å². The molecule has 3 aromatic heterocycles. The zero-order valence-electron chi connectivity index (χ0n) is 24.1. The second-order valence-corrected chi connectivity index (χ2v) is 11.3. The van der Waals surface area contributed by atoms with Crippen molar-refractivity contribution in [2.75, 3.05) is 0 Å². The molecule has 0 radical (unpaired) electrons. The molecule has 0 aliphatic rings. The van der Waals surface area contributed by atoms with Gasteiger partial charge in [-0.3, -0.25) is 4.40 Å². The average Bonchev–Trinajstić information content (AvgIpc) is 3.51. The molecule has 0 bridgehead atoms. The minimum atomic E-state index is 0.616. The summed E-state index contributed by atoms with van der Waals surface area (Å²) in [5.74, 6) is 0. The average molecular weight is 573 g/mol. The molecule has 45 heavy (non-hydrogen) atoms. The lowest BCUT2D eigenvalue weighted by molar-refractivity contribution is 1.32. The Bertz CT molecular complexity index is 2640.